The number of thioether (sulfide) groups is 1. The van der Waals surface area contributed by atoms with E-state index in [0.717, 1.165) is 9.37 Å². The van der Waals surface area contributed by atoms with Crippen LogP contribution in [0, 0.1) is 0 Å². The summed E-state index contributed by atoms with van der Waals surface area (Å²) in [5, 5.41) is 0. The first-order valence-corrected chi connectivity index (χ1v) is 9.40. The van der Waals surface area contributed by atoms with E-state index >= 15 is 0 Å². The third-order valence-corrected chi connectivity index (χ3v) is 5.49. The normalized spacial score (nSPS) is 14.5. The van der Waals surface area contributed by atoms with Gasteiger partial charge in [-0.1, -0.05) is 39.8 Å². The summed E-state index contributed by atoms with van der Waals surface area (Å²) in [6, 6.07) is 18.0. The summed E-state index contributed by atoms with van der Waals surface area (Å²) >= 11 is 4.75. The van der Waals surface area contributed by atoms with Crippen LogP contribution in [0.15, 0.2) is 91.8 Å². The molecule has 1 aliphatic heterocycles. The van der Waals surface area contributed by atoms with Crippen LogP contribution in [-0.4, -0.2) is 11.7 Å². The third kappa shape index (κ3) is 3.13. The van der Waals surface area contributed by atoms with Crippen LogP contribution in [0.5, 0.6) is 0 Å². The highest BCUT2D eigenvalue weighted by Gasteiger charge is 2.28. The van der Waals surface area contributed by atoms with Crippen LogP contribution < -0.4 is 4.90 Å². The van der Waals surface area contributed by atoms with Gasteiger partial charge in [-0.2, -0.15) is 0 Å². The van der Waals surface area contributed by atoms with Gasteiger partial charge >= 0.3 is 0 Å². The minimum Gasteiger partial charge on any atom is -0.459 e. The van der Waals surface area contributed by atoms with Crippen LogP contribution in [0.4, 0.5) is 5.69 Å². The number of hydrogen-bond donors (Lipinski definition) is 0. The molecule has 0 spiro atoms. The van der Waals surface area contributed by atoms with Crippen molar-refractivity contribution in [2.24, 2.45) is 0 Å². The van der Waals surface area contributed by atoms with E-state index < -0.39 is 0 Å². The van der Waals surface area contributed by atoms with Crippen molar-refractivity contribution < 1.29 is 14.0 Å². The lowest BCUT2D eigenvalue weighted by molar-refractivity contribution is 0.0971. The fourth-order valence-electron chi connectivity index (χ4n) is 2.61. The lowest BCUT2D eigenvalue weighted by Crippen LogP contribution is -2.25. The van der Waals surface area contributed by atoms with Crippen molar-refractivity contribution in [1.82, 2.24) is 0 Å². The van der Waals surface area contributed by atoms with Crippen molar-refractivity contribution in [3.63, 3.8) is 0 Å². The number of halogens is 1. The summed E-state index contributed by atoms with van der Waals surface area (Å²) in [5.41, 5.74) is 1.30. The average Bonchev–Trinajstić information content (AvgIpc) is 3.29. The molecule has 0 radical (unpaired) electrons. The molecule has 128 valence electrons. The number of rotatable bonds is 3. The molecular formula is C20H12BrNO3S. The highest BCUT2D eigenvalue weighted by atomic mass is 79.9. The molecule has 3 aromatic rings. The van der Waals surface area contributed by atoms with Gasteiger partial charge < -0.3 is 4.42 Å². The topological polar surface area (TPSA) is 50.5 Å². The molecule has 2 aromatic carbocycles. The number of ketones is 1. The first-order chi connectivity index (χ1) is 12.6. The summed E-state index contributed by atoms with van der Waals surface area (Å²) in [5.74, 6) is -0.216. The molecule has 26 heavy (non-hydrogen) atoms. The fourth-order valence-corrected chi connectivity index (χ4v) is 3.89. The number of allylic oxidation sites excluding steroid dienone is 1. The number of carbonyl (C=O) groups is 2. The van der Waals surface area contributed by atoms with E-state index in [0.29, 0.717) is 16.2 Å². The molecule has 6 heteroatoms. The Balaban J connectivity index is 1.76. The maximum absolute atomic E-state index is 12.9. The van der Waals surface area contributed by atoms with Crippen LogP contribution in [0.2, 0.25) is 0 Å². The molecular weight excluding hydrogens is 414 g/mol. The molecule has 0 aliphatic carbocycles. The number of hydrogen-bond acceptors (Lipinski definition) is 4. The molecule has 4 rings (SSSR count). The molecule has 0 unspecified atom stereocenters. The van der Waals surface area contributed by atoms with E-state index in [4.69, 9.17) is 4.42 Å². The van der Waals surface area contributed by atoms with Crippen molar-refractivity contribution in [3.05, 3.63) is 93.8 Å². The number of amides is 1. The first kappa shape index (κ1) is 16.9. The largest absolute Gasteiger partial charge is 0.459 e. The second-order valence-corrected chi connectivity index (χ2v) is 7.55. The number of Topliss-reactive ketones (excluding diaryl/α,β-unsaturated/α-hetero) is 1. The summed E-state index contributed by atoms with van der Waals surface area (Å²) in [4.78, 5) is 28.4. The average molecular weight is 426 g/mol. The van der Waals surface area contributed by atoms with Gasteiger partial charge in [0.25, 0.3) is 5.91 Å². The number of anilines is 1. The molecule has 2 heterocycles. The second-order valence-electron chi connectivity index (χ2n) is 5.55. The van der Waals surface area contributed by atoms with Crippen molar-refractivity contribution in [3.8, 4) is 0 Å². The van der Waals surface area contributed by atoms with Crippen molar-refractivity contribution in [2.75, 3.05) is 4.90 Å². The van der Waals surface area contributed by atoms with Crippen LogP contribution in [-0.2, 0) is 0 Å². The molecule has 1 aromatic heterocycles. The Morgan fingerprint density at radius 1 is 1.04 bits per heavy atom. The zero-order valence-electron chi connectivity index (χ0n) is 13.4. The SMILES string of the molecule is O=C1/C(=C\N(C(=O)c2ccco2)c2ccc(Br)cc2)Sc2ccccc21. The van der Waals surface area contributed by atoms with Gasteiger partial charge in [0.2, 0.25) is 5.78 Å². The Hall–Kier alpha value is -2.57. The summed E-state index contributed by atoms with van der Waals surface area (Å²) in [6.07, 6.45) is 3.03. The molecule has 0 atom stereocenters. The van der Waals surface area contributed by atoms with Gasteiger partial charge in [-0.05, 0) is 48.5 Å². The highest BCUT2D eigenvalue weighted by molar-refractivity contribution is 9.10. The Bertz CT molecular complexity index is 1010. The maximum atomic E-state index is 12.9. The molecule has 4 nitrogen and oxygen atoms in total. The van der Waals surface area contributed by atoms with Crippen molar-refractivity contribution >= 4 is 45.1 Å². The molecule has 0 saturated heterocycles. The molecule has 0 saturated carbocycles. The number of benzene rings is 2. The fraction of sp³-hybridized carbons (Fsp3) is 0. The zero-order chi connectivity index (χ0) is 18.1. The molecule has 0 bridgehead atoms. The van der Waals surface area contributed by atoms with Gasteiger partial charge in [-0.25, -0.2) is 0 Å². The maximum Gasteiger partial charge on any atom is 0.298 e. The smallest absolute Gasteiger partial charge is 0.298 e. The molecule has 1 amide bonds. The van der Waals surface area contributed by atoms with Gasteiger partial charge in [0.1, 0.15) is 0 Å². The first-order valence-electron chi connectivity index (χ1n) is 7.79. The highest BCUT2D eigenvalue weighted by Crippen LogP contribution is 2.40. The predicted molar refractivity (Wildman–Crippen MR) is 104 cm³/mol. The van der Waals surface area contributed by atoms with Crippen LogP contribution in [0.1, 0.15) is 20.9 Å². The molecule has 0 fully saturated rings. The van der Waals surface area contributed by atoms with Crippen LogP contribution >= 0.6 is 27.7 Å². The van der Waals surface area contributed by atoms with Gasteiger partial charge in [0.15, 0.2) is 5.76 Å². The van der Waals surface area contributed by atoms with Gasteiger partial charge in [-0.3, -0.25) is 14.5 Å². The Kier molecular flexibility index (Phi) is 4.53. The van der Waals surface area contributed by atoms with Crippen molar-refractivity contribution in [2.45, 2.75) is 4.90 Å². The summed E-state index contributed by atoms with van der Waals surface area (Å²) in [7, 11) is 0. The number of fused-ring (bicyclic) bond motifs is 1. The number of nitrogens with zero attached hydrogens (tertiary/aromatic N) is 1. The van der Waals surface area contributed by atoms with Gasteiger partial charge in [-0.15, -0.1) is 0 Å². The number of carbonyl (C=O) groups excluding carboxylic acids is 2. The van der Waals surface area contributed by atoms with Gasteiger partial charge in [0.05, 0.1) is 11.2 Å². The zero-order valence-corrected chi connectivity index (χ0v) is 15.8. The Morgan fingerprint density at radius 3 is 2.50 bits per heavy atom. The quantitative estimate of drug-likeness (QED) is 0.518. The summed E-state index contributed by atoms with van der Waals surface area (Å²) < 4.78 is 6.15. The second kappa shape index (κ2) is 6.97. The van der Waals surface area contributed by atoms with Crippen LogP contribution in [0.3, 0.4) is 0 Å². The lowest BCUT2D eigenvalue weighted by atomic mass is 10.1. The monoisotopic (exact) mass is 425 g/mol. The Labute approximate surface area is 162 Å². The van der Waals surface area contributed by atoms with E-state index in [1.54, 1.807) is 36.5 Å². The minimum absolute atomic E-state index is 0.0834. The Morgan fingerprint density at radius 2 is 1.81 bits per heavy atom. The predicted octanol–water partition coefficient (Wildman–Crippen LogP) is 5.52. The standard InChI is InChI=1S/C20H12BrNO3S/c21-13-7-9-14(10-8-13)22(20(24)16-5-3-11-25-16)12-18-19(23)15-4-1-2-6-17(15)26-18/h1-12H/b18-12+. The van der Waals surface area contributed by atoms with E-state index in [1.165, 1.54) is 22.9 Å². The molecule has 1 aliphatic rings. The van der Waals surface area contributed by atoms with E-state index in [2.05, 4.69) is 15.9 Å². The van der Waals surface area contributed by atoms with E-state index in [9.17, 15) is 9.59 Å². The lowest BCUT2D eigenvalue weighted by Gasteiger charge is -2.18. The van der Waals surface area contributed by atoms with Gasteiger partial charge in [0, 0.05) is 26.8 Å². The number of furan rings is 1. The molecule has 0 N–H and O–H groups in total. The van der Waals surface area contributed by atoms with E-state index in [1.807, 2.05) is 30.3 Å². The van der Waals surface area contributed by atoms with Crippen LogP contribution in [0.25, 0.3) is 0 Å². The summed E-state index contributed by atoms with van der Waals surface area (Å²) in [6.45, 7) is 0. The third-order valence-electron chi connectivity index (χ3n) is 3.88. The van der Waals surface area contributed by atoms with Crippen molar-refractivity contribution in [1.29, 1.82) is 0 Å². The minimum atomic E-state index is -0.339. The van der Waals surface area contributed by atoms with E-state index in [-0.39, 0.29) is 17.5 Å².